The van der Waals surface area contributed by atoms with Crippen LogP contribution in [0.5, 0.6) is 0 Å². The van der Waals surface area contributed by atoms with Crippen LogP contribution >= 0.6 is 0 Å². The van der Waals surface area contributed by atoms with Crippen molar-refractivity contribution in [3.05, 3.63) is 24.3 Å². The smallest absolute Gasteiger partial charge is 0.302 e. The molecule has 0 saturated carbocycles. The summed E-state index contributed by atoms with van der Waals surface area (Å²) in [6.07, 6.45) is 2.56. The highest BCUT2D eigenvalue weighted by molar-refractivity contribution is 5.65. The summed E-state index contributed by atoms with van der Waals surface area (Å²) in [5.74, 6) is -0.256. The Kier molecular flexibility index (Phi) is 4.56. The summed E-state index contributed by atoms with van der Waals surface area (Å²) in [5.41, 5.74) is 2.00. The largest absolute Gasteiger partial charge is 0.466 e. The summed E-state index contributed by atoms with van der Waals surface area (Å²) in [4.78, 5) is 10.6. The van der Waals surface area contributed by atoms with Crippen LogP contribution in [0.3, 0.4) is 0 Å². The maximum absolute atomic E-state index is 10.6. The number of rotatable bonds is 3. The first kappa shape index (κ1) is 12.0. The Labute approximate surface area is 90.8 Å². The Balaban J connectivity index is 2.41. The Morgan fingerprint density at radius 1 is 1.60 bits per heavy atom. The summed E-state index contributed by atoms with van der Waals surface area (Å²) in [6.45, 7) is 10.4. The van der Waals surface area contributed by atoms with E-state index in [4.69, 9.17) is 9.47 Å². The molecule has 1 heterocycles. The lowest BCUT2D eigenvalue weighted by Gasteiger charge is -2.17. The van der Waals surface area contributed by atoms with Crippen LogP contribution in [-0.4, -0.2) is 25.3 Å². The van der Waals surface area contributed by atoms with Gasteiger partial charge in [-0.15, -0.1) is 0 Å². The van der Waals surface area contributed by atoms with Crippen molar-refractivity contribution < 1.29 is 14.3 Å². The molecule has 1 aliphatic rings. The minimum absolute atomic E-state index is 0.0423. The van der Waals surface area contributed by atoms with Crippen LogP contribution in [0.2, 0.25) is 0 Å². The summed E-state index contributed by atoms with van der Waals surface area (Å²) >= 11 is 0. The molecule has 1 saturated heterocycles. The summed E-state index contributed by atoms with van der Waals surface area (Å²) in [7, 11) is 0. The van der Waals surface area contributed by atoms with Gasteiger partial charge in [0.1, 0.15) is 0 Å². The van der Waals surface area contributed by atoms with Gasteiger partial charge in [0.15, 0.2) is 0 Å². The van der Waals surface area contributed by atoms with Gasteiger partial charge in [0, 0.05) is 20.0 Å². The predicted octanol–water partition coefficient (Wildman–Crippen LogP) is 2.23. The normalized spacial score (nSPS) is 22.3. The molecule has 1 atom stereocenters. The fourth-order valence-electron chi connectivity index (χ4n) is 1.57. The van der Waals surface area contributed by atoms with Crippen LogP contribution in [0.25, 0.3) is 0 Å². The molecule has 3 nitrogen and oxygen atoms in total. The monoisotopic (exact) mass is 210 g/mol. The molecule has 0 aliphatic carbocycles. The Hall–Kier alpha value is -1.09. The molecule has 1 fully saturated rings. The first-order valence-corrected chi connectivity index (χ1v) is 5.23. The summed E-state index contributed by atoms with van der Waals surface area (Å²) < 4.78 is 10.5. The average molecular weight is 210 g/mol. The van der Waals surface area contributed by atoms with Gasteiger partial charge >= 0.3 is 5.97 Å². The van der Waals surface area contributed by atoms with E-state index in [0.29, 0.717) is 13.0 Å². The van der Waals surface area contributed by atoms with Crippen molar-refractivity contribution in [1.82, 2.24) is 0 Å². The van der Waals surface area contributed by atoms with Crippen LogP contribution in [0.4, 0.5) is 0 Å². The highest BCUT2D eigenvalue weighted by Crippen LogP contribution is 2.24. The molecular weight excluding hydrogens is 192 g/mol. The molecule has 0 unspecified atom stereocenters. The molecule has 0 amide bonds. The van der Waals surface area contributed by atoms with E-state index in [1.165, 1.54) is 6.92 Å². The van der Waals surface area contributed by atoms with Crippen molar-refractivity contribution in [2.45, 2.75) is 32.3 Å². The van der Waals surface area contributed by atoms with Crippen molar-refractivity contribution in [1.29, 1.82) is 0 Å². The fourth-order valence-corrected chi connectivity index (χ4v) is 1.57. The molecule has 0 radical (unpaired) electrons. The Morgan fingerprint density at radius 2 is 2.33 bits per heavy atom. The van der Waals surface area contributed by atoms with Gasteiger partial charge in [-0.05, 0) is 24.0 Å². The van der Waals surface area contributed by atoms with Gasteiger partial charge in [-0.3, -0.25) is 4.79 Å². The second-order valence-corrected chi connectivity index (χ2v) is 3.72. The molecule has 0 N–H and O–H groups in total. The standard InChI is InChI=1S/C12H18O3/c1-9-5-4-7-15-12(10(9)2)6-8-14-11(3)13/h12H,1-2,4-8H2,3H3/t12-/m0/s1. The fraction of sp³-hybridized carbons (Fsp3) is 0.583. The third-order valence-electron chi connectivity index (χ3n) is 2.47. The molecule has 0 aromatic carbocycles. The number of carbonyl (C=O) groups excluding carboxylic acids is 1. The first-order chi connectivity index (χ1) is 7.11. The number of esters is 1. The topological polar surface area (TPSA) is 35.5 Å². The predicted molar refractivity (Wildman–Crippen MR) is 58.5 cm³/mol. The van der Waals surface area contributed by atoms with Gasteiger partial charge in [0.25, 0.3) is 0 Å². The molecule has 0 bridgehead atoms. The maximum Gasteiger partial charge on any atom is 0.302 e. The zero-order valence-electron chi connectivity index (χ0n) is 9.25. The highest BCUT2D eigenvalue weighted by Gasteiger charge is 2.19. The van der Waals surface area contributed by atoms with Gasteiger partial charge in [-0.2, -0.15) is 0 Å². The lowest BCUT2D eigenvalue weighted by molar-refractivity contribution is -0.141. The minimum Gasteiger partial charge on any atom is -0.466 e. The van der Waals surface area contributed by atoms with E-state index in [9.17, 15) is 4.79 Å². The van der Waals surface area contributed by atoms with Crippen LogP contribution < -0.4 is 0 Å². The van der Waals surface area contributed by atoms with Crippen LogP contribution in [0.15, 0.2) is 24.3 Å². The van der Waals surface area contributed by atoms with Gasteiger partial charge in [-0.1, -0.05) is 13.2 Å². The van der Waals surface area contributed by atoms with Crippen LogP contribution in [0, 0.1) is 0 Å². The third kappa shape index (κ3) is 3.88. The lowest BCUT2D eigenvalue weighted by Crippen LogP contribution is -2.18. The number of hydrogen-bond acceptors (Lipinski definition) is 3. The highest BCUT2D eigenvalue weighted by atomic mass is 16.5. The third-order valence-corrected chi connectivity index (χ3v) is 2.47. The minimum atomic E-state index is -0.256. The van der Waals surface area contributed by atoms with Crippen molar-refractivity contribution in [3.8, 4) is 0 Å². The van der Waals surface area contributed by atoms with Gasteiger partial charge in [0.2, 0.25) is 0 Å². The quantitative estimate of drug-likeness (QED) is 0.670. The first-order valence-electron chi connectivity index (χ1n) is 5.23. The number of ether oxygens (including phenoxy) is 2. The second-order valence-electron chi connectivity index (χ2n) is 3.72. The molecule has 15 heavy (non-hydrogen) atoms. The molecular formula is C12H18O3. The molecule has 84 valence electrons. The maximum atomic E-state index is 10.6. The lowest BCUT2D eigenvalue weighted by atomic mass is 9.99. The van der Waals surface area contributed by atoms with E-state index in [-0.39, 0.29) is 12.1 Å². The van der Waals surface area contributed by atoms with E-state index >= 15 is 0 Å². The van der Waals surface area contributed by atoms with Crippen molar-refractivity contribution >= 4 is 5.97 Å². The van der Waals surface area contributed by atoms with Crippen LogP contribution in [0.1, 0.15) is 26.2 Å². The van der Waals surface area contributed by atoms with Crippen molar-refractivity contribution in [3.63, 3.8) is 0 Å². The molecule has 0 aromatic rings. The average Bonchev–Trinajstić information content (AvgIpc) is 2.32. The van der Waals surface area contributed by atoms with Crippen molar-refractivity contribution in [2.24, 2.45) is 0 Å². The van der Waals surface area contributed by atoms with E-state index in [1.807, 2.05) is 0 Å². The number of hydrogen-bond donors (Lipinski definition) is 0. The molecule has 1 rings (SSSR count). The van der Waals surface area contributed by atoms with E-state index < -0.39 is 0 Å². The van der Waals surface area contributed by atoms with Crippen LogP contribution in [-0.2, 0) is 14.3 Å². The van der Waals surface area contributed by atoms with E-state index in [2.05, 4.69) is 13.2 Å². The Bertz CT molecular complexity index is 268. The second kappa shape index (κ2) is 5.71. The molecule has 0 aromatic heterocycles. The summed E-state index contributed by atoms with van der Waals surface area (Å²) in [6, 6.07) is 0. The van der Waals surface area contributed by atoms with Gasteiger partial charge < -0.3 is 9.47 Å². The molecule has 0 spiro atoms. The molecule has 1 aliphatic heterocycles. The molecule has 3 heteroatoms. The van der Waals surface area contributed by atoms with Gasteiger partial charge in [-0.25, -0.2) is 0 Å². The van der Waals surface area contributed by atoms with Gasteiger partial charge in [0.05, 0.1) is 12.7 Å². The number of carbonyl (C=O) groups is 1. The zero-order valence-corrected chi connectivity index (χ0v) is 9.25. The SMILES string of the molecule is C=C1CCCO[C@@H](CCOC(C)=O)C1=C. The van der Waals surface area contributed by atoms with E-state index in [1.54, 1.807) is 0 Å². The Morgan fingerprint density at radius 3 is 3.00 bits per heavy atom. The van der Waals surface area contributed by atoms with Crippen molar-refractivity contribution in [2.75, 3.05) is 13.2 Å². The van der Waals surface area contributed by atoms with E-state index in [0.717, 1.165) is 30.6 Å². The zero-order chi connectivity index (χ0) is 11.3. The summed E-state index contributed by atoms with van der Waals surface area (Å²) in [5, 5.41) is 0.